The van der Waals surface area contributed by atoms with Crippen molar-refractivity contribution in [3.05, 3.63) is 24.8 Å². The van der Waals surface area contributed by atoms with Crippen molar-refractivity contribution in [3.63, 3.8) is 0 Å². The molecule has 0 heterocycles. The summed E-state index contributed by atoms with van der Waals surface area (Å²) in [6.07, 6.45) is 5.41. The van der Waals surface area contributed by atoms with Crippen molar-refractivity contribution in [2.75, 3.05) is 6.61 Å². The van der Waals surface area contributed by atoms with Gasteiger partial charge in [0.1, 0.15) is 0 Å². The molecule has 2 unspecified atom stereocenters. The van der Waals surface area contributed by atoms with Crippen LogP contribution in [-0.2, 0) is 9.59 Å². The number of carbonyl (C=O) groups excluding carboxylic acids is 1. The summed E-state index contributed by atoms with van der Waals surface area (Å²) in [4.78, 5) is 23.4. The monoisotopic (exact) mass is 326 g/mol. The van der Waals surface area contributed by atoms with E-state index in [2.05, 4.69) is 6.58 Å². The molecule has 130 valence electrons. The lowest BCUT2D eigenvalue weighted by molar-refractivity contribution is -0.158. The SMILES string of the molecule is C=CC(O)(C/C=C/[C@H]1[C@H](O)CC(=O)C1(CO)C(=O)O)CCCC. The van der Waals surface area contributed by atoms with Crippen molar-refractivity contribution < 1.29 is 30.0 Å². The molecule has 6 nitrogen and oxygen atoms in total. The number of Topliss-reactive ketones (excluding diaryl/α,β-unsaturated/α-hetero) is 1. The Hall–Kier alpha value is -1.50. The Labute approximate surface area is 136 Å². The number of carboxylic acid groups (broad SMARTS) is 1. The smallest absolute Gasteiger partial charge is 0.320 e. The normalized spacial score (nSPS) is 30.5. The molecule has 0 spiro atoms. The Kier molecular flexibility index (Phi) is 6.68. The number of carboxylic acids is 1. The van der Waals surface area contributed by atoms with Gasteiger partial charge in [0.15, 0.2) is 11.2 Å². The Morgan fingerprint density at radius 3 is 2.65 bits per heavy atom. The van der Waals surface area contributed by atoms with Crippen LogP contribution in [0.1, 0.15) is 39.0 Å². The standard InChI is InChI=1S/C17H26O6/c1-3-5-8-16(23,4-2)9-6-7-12-13(19)10-14(20)17(12,11-18)15(21)22/h4,6-7,12-13,18-19,23H,2-3,5,8-11H2,1H3,(H,21,22)/b7-6+/t12-,13+,16?,17?/m0/s1. The first-order valence-electron chi connectivity index (χ1n) is 7.85. The van der Waals surface area contributed by atoms with Gasteiger partial charge in [-0.05, 0) is 12.8 Å². The number of hydrogen-bond acceptors (Lipinski definition) is 5. The summed E-state index contributed by atoms with van der Waals surface area (Å²) in [6.45, 7) is 4.75. The predicted molar refractivity (Wildman–Crippen MR) is 84.7 cm³/mol. The number of unbranched alkanes of at least 4 members (excludes halogenated alkanes) is 1. The summed E-state index contributed by atoms with van der Waals surface area (Å²) in [5, 5.41) is 39.2. The molecule has 0 aromatic carbocycles. The van der Waals surface area contributed by atoms with E-state index in [4.69, 9.17) is 0 Å². The minimum absolute atomic E-state index is 0.203. The lowest BCUT2D eigenvalue weighted by atomic mass is 9.76. The zero-order valence-corrected chi connectivity index (χ0v) is 13.4. The highest BCUT2D eigenvalue weighted by Crippen LogP contribution is 2.42. The van der Waals surface area contributed by atoms with Crippen molar-refractivity contribution in [2.45, 2.75) is 50.7 Å². The number of aliphatic hydroxyl groups excluding tert-OH is 2. The van der Waals surface area contributed by atoms with E-state index in [1.165, 1.54) is 12.2 Å². The van der Waals surface area contributed by atoms with Crippen LogP contribution in [0.5, 0.6) is 0 Å². The lowest BCUT2D eigenvalue weighted by Gasteiger charge is -2.27. The average molecular weight is 326 g/mol. The van der Waals surface area contributed by atoms with Gasteiger partial charge in [0.05, 0.1) is 18.3 Å². The molecule has 0 saturated heterocycles. The molecule has 4 atom stereocenters. The largest absolute Gasteiger partial charge is 0.480 e. The van der Waals surface area contributed by atoms with E-state index < -0.39 is 41.4 Å². The quantitative estimate of drug-likeness (QED) is 0.372. The summed E-state index contributed by atoms with van der Waals surface area (Å²) in [7, 11) is 0. The van der Waals surface area contributed by atoms with Crippen LogP contribution < -0.4 is 0 Å². The topological polar surface area (TPSA) is 115 Å². The molecule has 0 aliphatic heterocycles. The van der Waals surface area contributed by atoms with Crippen molar-refractivity contribution in [1.29, 1.82) is 0 Å². The third kappa shape index (κ3) is 3.88. The Balaban J connectivity index is 2.94. The Morgan fingerprint density at radius 2 is 2.17 bits per heavy atom. The Bertz CT molecular complexity index is 485. The number of ketones is 1. The van der Waals surface area contributed by atoms with Gasteiger partial charge in [-0.15, -0.1) is 6.58 Å². The molecule has 1 fully saturated rings. The van der Waals surface area contributed by atoms with E-state index in [-0.39, 0.29) is 12.8 Å². The summed E-state index contributed by atoms with van der Waals surface area (Å²) in [5.41, 5.74) is -3.11. The van der Waals surface area contributed by atoms with Crippen molar-refractivity contribution in [1.82, 2.24) is 0 Å². The number of aliphatic carboxylic acids is 1. The van der Waals surface area contributed by atoms with Gasteiger partial charge in [0.25, 0.3) is 0 Å². The van der Waals surface area contributed by atoms with Gasteiger partial charge in [-0.3, -0.25) is 9.59 Å². The highest BCUT2D eigenvalue weighted by Gasteiger charge is 2.58. The summed E-state index contributed by atoms with van der Waals surface area (Å²) < 4.78 is 0. The minimum Gasteiger partial charge on any atom is -0.480 e. The van der Waals surface area contributed by atoms with Crippen molar-refractivity contribution in [3.8, 4) is 0 Å². The van der Waals surface area contributed by atoms with Gasteiger partial charge in [0.2, 0.25) is 0 Å². The summed E-state index contributed by atoms with van der Waals surface area (Å²) in [6, 6.07) is 0. The molecule has 1 rings (SSSR count). The first-order chi connectivity index (χ1) is 10.8. The van der Waals surface area contributed by atoms with Crippen LogP contribution >= 0.6 is 0 Å². The maximum absolute atomic E-state index is 11.9. The van der Waals surface area contributed by atoms with Crippen LogP contribution in [-0.4, -0.2) is 50.5 Å². The highest BCUT2D eigenvalue weighted by atomic mass is 16.4. The van der Waals surface area contributed by atoms with Crippen LogP contribution in [0.3, 0.4) is 0 Å². The van der Waals surface area contributed by atoms with E-state index in [9.17, 15) is 30.0 Å². The third-order valence-electron chi connectivity index (χ3n) is 4.66. The molecule has 0 aromatic heterocycles. The zero-order chi connectivity index (χ0) is 17.7. The molecule has 0 radical (unpaired) electrons. The van der Waals surface area contributed by atoms with E-state index in [1.807, 2.05) is 6.92 Å². The second-order valence-electron chi connectivity index (χ2n) is 6.20. The van der Waals surface area contributed by atoms with E-state index in [0.29, 0.717) is 6.42 Å². The van der Waals surface area contributed by atoms with Gasteiger partial charge in [-0.1, -0.05) is 38.0 Å². The average Bonchev–Trinajstić information content (AvgIpc) is 2.76. The molecule has 1 saturated carbocycles. The van der Waals surface area contributed by atoms with Gasteiger partial charge in [0, 0.05) is 12.3 Å². The molecule has 0 bridgehead atoms. The third-order valence-corrected chi connectivity index (χ3v) is 4.66. The first kappa shape index (κ1) is 19.5. The van der Waals surface area contributed by atoms with Gasteiger partial charge >= 0.3 is 5.97 Å². The highest BCUT2D eigenvalue weighted by molar-refractivity contribution is 6.06. The van der Waals surface area contributed by atoms with E-state index in [1.54, 1.807) is 6.08 Å². The predicted octanol–water partition coefficient (Wildman–Crippen LogP) is 1.05. The van der Waals surface area contributed by atoms with Crippen LogP contribution in [0.2, 0.25) is 0 Å². The molecule has 0 aromatic rings. The fraction of sp³-hybridized carbons (Fsp3) is 0.647. The summed E-state index contributed by atoms with van der Waals surface area (Å²) in [5.74, 6) is -3.14. The minimum atomic E-state index is -2.01. The van der Waals surface area contributed by atoms with Crippen LogP contribution in [0.15, 0.2) is 24.8 Å². The lowest BCUT2D eigenvalue weighted by Crippen LogP contribution is -2.44. The van der Waals surface area contributed by atoms with E-state index >= 15 is 0 Å². The number of rotatable bonds is 9. The molecule has 1 aliphatic rings. The van der Waals surface area contributed by atoms with Crippen LogP contribution in [0.25, 0.3) is 0 Å². The molecule has 1 aliphatic carbocycles. The molecular weight excluding hydrogens is 300 g/mol. The fourth-order valence-corrected chi connectivity index (χ4v) is 3.02. The molecule has 6 heteroatoms. The van der Waals surface area contributed by atoms with Gasteiger partial charge in [-0.2, -0.15) is 0 Å². The zero-order valence-electron chi connectivity index (χ0n) is 13.4. The molecule has 0 amide bonds. The van der Waals surface area contributed by atoms with Gasteiger partial charge in [-0.25, -0.2) is 0 Å². The number of aliphatic hydroxyl groups is 3. The molecule has 4 N–H and O–H groups in total. The van der Waals surface area contributed by atoms with Crippen LogP contribution in [0.4, 0.5) is 0 Å². The van der Waals surface area contributed by atoms with E-state index in [0.717, 1.165) is 12.8 Å². The molecular formula is C17H26O6. The molecule has 23 heavy (non-hydrogen) atoms. The second kappa shape index (κ2) is 7.86. The Morgan fingerprint density at radius 1 is 1.52 bits per heavy atom. The van der Waals surface area contributed by atoms with Crippen molar-refractivity contribution in [2.24, 2.45) is 11.3 Å². The first-order valence-corrected chi connectivity index (χ1v) is 7.85. The van der Waals surface area contributed by atoms with Crippen LogP contribution in [0, 0.1) is 11.3 Å². The fourth-order valence-electron chi connectivity index (χ4n) is 3.02. The number of carbonyl (C=O) groups is 2. The maximum atomic E-state index is 11.9. The maximum Gasteiger partial charge on any atom is 0.320 e. The van der Waals surface area contributed by atoms with Gasteiger partial charge < -0.3 is 20.4 Å². The second-order valence-corrected chi connectivity index (χ2v) is 6.20. The van der Waals surface area contributed by atoms with Crippen molar-refractivity contribution >= 4 is 11.8 Å². The number of hydrogen-bond donors (Lipinski definition) is 4. The summed E-state index contributed by atoms with van der Waals surface area (Å²) >= 11 is 0.